The van der Waals surface area contributed by atoms with E-state index in [4.69, 9.17) is 39.9 Å². The van der Waals surface area contributed by atoms with Gasteiger partial charge in [-0.05, 0) is 12.1 Å². The monoisotopic (exact) mass is 234 g/mol. The number of hydrogen-bond acceptors (Lipinski definition) is 1. The van der Waals surface area contributed by atoms with Crippen LogP contribution in [0.15, 0.2) is 12.1 Å². The van der Waals surface area contributed by atoms with Crippen LogP contribution in [0.4, 0.5) is 0 Å². The van der Waals surface area contributed by atoms with E-state index in [1.165, 1.54) is 0 Å². The van der Waals surface area contributed by atoms with Crippen molar-refractivity contribution in [1.29, 1.82) is 0 Å². The van der Waals surface area contributed by atoms with Gasteiger partial charge < -0.3 is 5.11 Å². The Kier molecular flexibility index (Phi) is 3.90. The molecule has 1 nitrogen and oxygen atoms in total. The minimum atomic E-state index is -0.227. The molecule has 0 fully saturated rings. The summed E-state index contributed by atoms with van der Waals surface area (Å²) in [6, 6.07) is 3.10. The van der Waals surface area contributed by atoms with E-state index in [0.717, 1.165) is 0 Å². The van der Waals surface area contributed by atoms with Crippen LogP contribution in [0.3, 0.4) is 0 Å². The molecule has 0 saturated heterocycles. The van der Waals surface area contributed by atoms with Crippen molar-refractivity contribution in [2.24, 2.45) is 0 Å². The van der Waals surface area contributed by atoms with Crippen molar-refractivity contribution in [2.75, 3.05) is 6.61 Å². The van der Waals surface area contributed by atoms with E-state index in [1.807, 2.05) is 0 Å². The molecule has 0 spiro atoms. The Balaban J connectivity index is 3.21. The summed E-state index contributed by atoms with van der Waals surface area (Å²) in [7, 11) is 0. The molecule has 0 bridgehead atoms. The Labute approximate surface area is 91.2 Å². The molecule has 0 unspecified atom stereocenters. The van der Waals surface area contributed by atoms with Gasteiger partial charge in [-0.15, -0.1) is 0 Å². The third-order valence-electron chi connectivity index (χ3n) is 1.30. The molecule has 0 atom stereocenters. The van der Waals surface area contributed by atoms with E-state index in [2.05, 4.69) is 11.8 Å². The maximum absolute atomic E-state index is 8.48. The number of aliphatic hydroxyl groups is 1. The van der Waals surface area contributed by atoms with Gasteiger partial charge in [0.25, 0.3) is 0 Å². The Morgan fingerprint density at radius 3 is 2.15 bits per heavy atom. The number of hydrogen-bond donors (Lipinski definition) is 1. The fourth-order valence-electron chi connectivity index (χ4n) is 0.790. The maximum atomic E-state index is 8.48. The number of halogens is 3. The van der Waals surface area contributed by atoms with Crippen molar-refractivity contribution < 1.29 is 5.11 Å². The van der Waals surface area contributed by atoms with Crippen LogP contribution in [-0.2, 0) is 0 Å². The van der Waals surface area contributed by atoms with Gasteiger partial charge in [0, 0.05) is 5.02 Å². The van der Waals surface area contributed by atoms with E-state index < -0.39 is 0 Å². The van der Waals surface area contributed by atoms with Gasteiger partial charge in [-0.3, -0.25) is 0 Å². The van der Waals surface area contributed by atoms with Crippen LogP contribution in [0, 0.1) is 11.8 Å². The zero-order valence-corrected chi connectivity index (χ0v) is 8.71. The van der Waals surface area contributed by atoms with E-state index in [0.29, 0.717) is 20.6 Å². The SMILES string of the molecule is OCC#Cc1c(Cl)cc(Cl)cc1Cl. The number of benzene rings is 1. The summed E-state index contributed by atoms with van der Waals surface area (Å²) in [5.74, 6) is 5.09. The Morgan fingerprint density at radius 1 is 1.15 bits per heavy atom. The van der Waals surface area contributed by atoms with Crippen molar-refractivity contribution >= 4 is 34.8 Å². The summed E-state index contributed by atoms with van der Waals surface area (Å²) in [6.45, 7) is -0.227. The third kappa shape index (κ3) is 2.79. The van der Waals surface area contributed by atoms with E-state index in [9.17, 15) is 0 Å². The summed E-state index contributed by atoms with van der Waals surface area (Å²) in [5.41, 5.74) is 0.488. The second-order valence-electron chi connectivity index (χ2n) is 2.20. The largest absolute Gasteiger partial charge is 0.384 e. The van der Waals surface area contributed by atoms with Gasteiger partial charge in [-0.25, -0.2) is 0 Å². The van der Waals surface area contributed by atoms with E-state index >= 15 is 0 Å². The molecule has 0 aliphatic heterocycles. The normalized spacial score (nSPS) is 9.23. The summed E-state index contributed by atoms with van der Waals surface area (Å²) in [6.07, 6.45) is 0. The van der Waals surface area contributed by atoms with Gasteiger partial charge in [0.05, 0.1) is 15.6 Å². The fourth-order valence-corrected chi connectivity index (χ4v) is 1.70. The van der Waals surface area contributed by atoms with E-state index in [-0.39, 0.29) is 6.61 Å². The lowest BCUT2D eigenvalue weighted by atomic mass is 10.2. The highest BCUT2D eigenvalue weighted by atomic mass is 35.5. The minimum absolute atomic E-state index is 0.227. The maximum Gasteiger partial charge on any atom is 0.104 e. The van der Waals surface area contributed by atoms with Crippen LogP contribution in [0.1, 0.15) is 5.56 Å². The fraction of sp³-hybridized carbons (Fsp3) is 0.111. The Bertz CT molecular complexity index is 353. The lowest BCUT2D eigenvalue weighted by Crippen LogP contribution is -1.81. The minimum Gasteiger partial charge on any atom is -0.384 e. The van der Waals surface area contributed by atoms with Crippen LogP contribution in [0.5, 0.6) is 0 Å². The van der Waals surface area contributed by atoms with Crippen LogP contribution in [0.2, 0.25) is 15.1 Å². The van der Waals surface area contributed by atoms with Crippen molar-refractivity contribution in [1.82, 2.24) is 0 Å². The first-order valence-corrected chi connectivity index (χ1v) is 4.53. The Morgan fingerprint density at radius 2 is 1.69 bits per heavy atom. The highest BCUT2D eigenvalue weighted by Gasteiger charge is 2.04. The molecular weight excluding hydrogens is 230 g/mol. The zero-order valence-electron chi connectivity index (χ0n) is 6.44. The predicted molar refractivity (Wildman–Crippen MR) is 55.4 cm³/mol. The van der Waals surface area contributed by atoms with Crippen molar-refractivity contribution in [3.05, 3.63) is 32.8 Å². The molecule has 0 aliphatic carbocycles. The average molecular weight is 235 g/mol. The lowest BCUT2D eigenvalue weighted by Gasteiger charge is -1.99. The number of rotatable bonds is 0. The molecular formula is C9H5Cl3O. The summed E-state index contributed by atoms with van der Waals surface area (Å²) >= 11 is 17.3. The van der Waals surface area contributed by atoms with Crippen molar-refractivity contribution in [2.45, 2.75) is 0 Å². The first kappa shape index (κ1) is 10.7. The van der Waals surface area contributed by atoms with Gasteiger partial charge in [0.15, 0.2) is 0 Å². The first-order chi connectivity index (χ1) is 6.15. The molecule has 68 valence electrons. The summed E-state index contributed by atoms with van der Waals surface area (Å²) in [5, 5.41) is 9.72. The molecule has 0 aromatic heterocycles. The second-order valence-corrected chi connectivity index (χ2v) is 3.46. The molecule has 1 N–H and O–H groups in total. The van der Waals surface area contributed by atoms with Crippen LogP contribution < -0.4 is 0 Å². The Hall–Kier alpha value is -0.390. The molecule has 4 heteroatoms. The molecule has 0 heterocycles. The first-order valence-electron chi connectivity index (χ1n) is 3.39. The lowest BCUT2D eigenvalue weighted by molar-refractivity contribution is 0.350. The van der Waals surface area contributed by atoms with Gasteiger partial charge >= 0.3 is 0 Å². The molecule has 0 radical (unpaired) electrons. The summed E-state index contributed by atoms with van der Waals surface area (Å²) in [4.78, 5) is 0. The standard InChI is InChI=1S/C9H5Cl3O/c10-6-4-8(11)7(2-1-3-13)9(12)5-6/h4-5,13H,3H2. The molecule has 13 heavy (non-hydrogen) atoms. The molecule has 1 aromatic rings. The van der Waals surface area contributed by atoms with Gasteiger partial charge in [0.2, 0.25) is 0 Å². The van der Waals surface area contributed by atoms with Gasteiger partial charge in [-0.2, -0.15) is 0 Å². The predicted octanol–water partition coefficient (Wildman–Crippen LogP) is 2.99. The molecule has 0 saturated carbocycles. The van der Waals surface area contributed by atoms with Crippen molar-refractivity contribution in [3.8, 4) is 11.8 Å². The smallest absolute Gasteiger partial charge is 0.104 e. The summed E-state index contributed by atoms with van der Waals surface area (Å²) < 4.78 is 0. The van der Waals surface area contributed by atoms with Crippen molar-refractivity contribution in [3.63, 3.8) is 0 Å². The number of aliphatic hydroxyl groups excluding tert-OH is 1. The molecule has 0 aliphatic rings. The zero-order chi connectivity index (χ0) is 9.84. The highest BCUT2D eigenvalue weighted by Crippen LogP contribution is 2.27. The van der Waals surface area contributed by atoms with Crippen LogP contribution in [-0.4, -0.2) is 11.7 Å². The van der Waals surface area contributed by atoms with Crippen LogP contribution in [0.25, 0.3) is 0 Å². The third-order valence-corrected chi connectivity index (χ3v) is 2.11. The quantitative estimate of drug-likeness (QED) is 0.686. The average Bonchev–Trinajstić information content (AvgIpc) is 2.02. The molecule has 0 amide bonds. The van der Waals surface area contributed by atoms with Gasteiger partial charge in [-0.1, -0.05) is 46.6 Å². The van der Waals surface area contributed by atoms with E-state index in [1.54, 1.807) is 12.1 Å². The highest BCUT2D eigenvalue weighted by molar-refractivity contribution is 6.39. The molecule has 1 aromatic carbocycles. The van der Waals surface area contributed by atoms with Gasteiger partial charge in [0.1, 0.15) is 6.61 Å². The van der Waals surface area contributed by atoms with Crippen LogP contribution >= 0.6 is 34.8 Å². The topological polar surface area (TPSA) is 20.2 Å². The second kappa shape index (κ2) is 4.74. The molecule has 1 rings (SSSR count).